The molecule has 0 aliphatic rings. The molecule has 2 nitrogen and oxygen atoms in total. The maximum Gasteiger partial charge on any atom is 0.0620 e. The van der Waals surface area contributed by atoms with Gasteiger partial charge in [0.25, 0.3) is 0 Å². The van der Waals surface area contributed by atoms with E-state index in [1.165, 1.54) is 65.6 Å². The smallest absolute Gasteiger partial charge is 0.0620 e. The summed E-state index contributed by atoms with van der Waals surface area (Å²) in [6.45, 7) is 0. The number of hydrogen-bond donors (Lipinski definition) is 0. The van der Waals surface area contributed by atoms with E-state index in [4.69, 9.17) is 0 Å². The topological polar surface area (TPSA) is 9.34 Å². The summed E-state index contributed by atoms with van der Waals surface area (Å²) in [4.78, 5) is 0. The zero-order valence-corrected chi connectivity index (χ0v) is 17.3. The monoisotopic (exact) mass is 406 g/mol. The van der Waals surface area contributed by atoms with Crippen LogP contribution < -0.4 is 0 Å². The van der Waals surface area contributed by atoms with Crippen LogP contribution in [0.15, 0.2) is 109 Å². The van der Waals surface area contributed by atoms with Gasteiger partial charge in [0.2, 0.25) is 0 Å². The fourth-order valence-corrected chi connectivity index (χ4v) is 5.76. The minimum atomic E-state index is 1.20. The van der Waals surface area contributed by atoms with E-state index in [-0.39, 0.29) is 0 Å². The van der Waals surface area contributed by atoms with Crippen LogP contribution in [0.3, 0.4) is 0 Å². The summed E-state index contributed by atoms with van der Waals surface area (Å²) in [5, 5.41) is 7.85. The average Bonchev–Trinajstić information content (AvgIpc) is 3.49. The van der Waals surface area contributed by atoms with Gasteiger partial charge < -0.3 is 8.97 Å². The van der Waals surface area contributed by atoms with E-state index < -0.39 is 0 Å². The second-order valence-corrected chi connectivity index (χ2v) is 8.63. The highest BCUT2D eigenvalue weighted by Gasteiger charge is 2.18. The molecule has 0 saturated heterocycles. The van der Waals surface area contributed by atoms with E-state index in [1.807, 2.05) is 0 Å². The molecule has 0 bridgehead atoms. The van der Waals surface area contributed by atoms with E-state index >= 15 is 0 Å². The normalized spacial score (nSPS) is 12.4. The lowest BCUT2D eigenvalue weighted by Crippen LogP contribution is -1.93. The van der Waals surface area contributed by atoms with Crippen molar-refractivity contribution in [3.8, 4) is 5.69 Å². The standard InChI is InChI=1S/C30H18N2/c1-4-13-26-20(8-1)21-9-2-5-14-27(21)31(26)19-16-17-29-25(18-19)24-12-7-11-23-22-10-3-6-15-28(22)32(29)30(23)24/h1-18H. The molecule has 8 aromatic rings. The van der Waals surface area contributed by atoms with Crippen LogP contribution in [0, 0.1) is 0 Å². The molecule has 5 aromatic carbocycles. The van der Waals surface area contributed by atoms with Crippen LogP contribution in [0.2, 0.25) is 0 Å². The first kappa shape index (κ1) is 16.4. The molecule has 32 heavy (non-hydrogen) atoms. The Kier molecular flexibility index (Phi) is 2.91. The van der Waals surface area contributed by atoms with Gasteiger partial charge in [-0.3, -0.25) is 0 Å². The van der Waals surface area contributed by atoms with Crippen molar-refractivity contribution in [1.29, 1.82) is 0 Å². The molecule has 2 heteroatoms. The molecular weight excluding hydrogens is 388 g/mol. The molecule has 0 fully saturated rings. The Morgan fingerprint density at radius 1 is 0.375 bits per heavy atom. The molecule has 0 saturated carbocycles. The molecule has 0 unspecified atom stereocenters. The van der Waals surface area contributed by atoms with Gasteiger partial charge in [0, 0.05) is 38.0 Å². The van der Waals surface area contributed by atoms with Crippen molar-refractivity contribution in [1.82, 2.24) is 8.97 Å². The third-order valence-corrected chi connectivity index (χ3v) is 7.04. The van der Waals surface area contributed by atoms with E-state index in [2.05, 4.69) is 118 Å². The Labute approximate surface area is 183 Å². The van der Waals surface area contributed by atoms with Gasteiger partial charge in [-0.1, -0.05) is 72.8 Å². The minimum absolute atomic E-state index is 1.20. The van der Waals surface area contributed by atoms with Crippen molar-refractivity contribution in [2.75, 3.05) is 0 Å². The molecule has 0 radical (unpaired) electrons. The minimum Gasteiger partial charge on any atom is -0.309 e. The van der Waals surface area contributed by atoms with Gasteiger partial charge in [-0.25, -0.2) is 0 Å². The lowest BCUT2D eigenvalue weighted by molar-refractivity contribution is 1.18. The summed E-state index contributed by atoms with van der Waals surface area (Å²) in [5.74, 6) is 0. The number of para-hydroxylation sites is 4. The zero-order chi connectivity index (χ0) is 20.8. The van der Waals surface area contributed by atoms with Crippen LogP contribution in [0.4, 0.5) is 0 Å². The molecule has 0 amide bonds. The van der Waals surface area contributed by atoms with Crippen LogP contribution in [0.1, 0.15) is 0 Å². The highest BCUT2D eigenvalue weighted by atomic mass is 15.0. The maximum atomic E-state index is 2.44. The van der Waals surface area contributed by atoms with Gasteiger partial charge >= 0.3 is 0 Å². The second-order valence-electron chi connectivity index (χ2n) is 8.63. The number of benzene rings is 5. The summed E-state index contributed by atoms with van der Waals surface area (Å²) in [7, 11) is 0. The Balaban J connectivity index is 1.54. The highest BCUT2D eigenvalue weighted by Crippen LogP contribution is 2.40. The Hall–Kier alpha value is -4.30. The third-order valence-electron chi connectivity index (χ3n) is 7.04. The number of rotatable bonds is 1. The first-order valence-electron chi connectivity index (χ1n) is 11.1. The predicted octanol–water partition coefficient (Wildman–Crippen LogP) is 7.93. The van der Waals surface area contributed by atoms with Gasteiger partial charge in [0.15, 0.2) is 0 Å². The number of nitrogens with zero attached hydrogens (tertiary/aromatic N) is 2. The zero-order valence-electron chi connectivity index (χ0n) is 17.3. The SMILES string of the molecule is c1ccc2c(c1)c1ccccc1n2-c1ccc2c(c1)c1cccc3c4ccccc4n2c31. The van der Waals surface area contributed by atoms with Crippen molar-refractivity contribution >= 4 is 59.9 Å². The molecule has 3 aromatic heterocycles. The van der Waals surface area contributed by atoms with Gasteiger partial charge in [0.05, 0.1) is 27.6 Å². The van der Waals surface area contributed by atoms with Crippen LogP contribution in [0.5, 0.6) is 0 Å². The molecule has 8 rings (SSSR count). The molecule has 0 spiro atoms. The van der Waals surface area contributed by atoms with Crippen LogP contribution >= 0.6 is 0 Å². The first-order chi connectivity index (χ1) is 15.9. The van der Waals surface area contributed by atoms with Crippen LogP contribution in [0.25, 0.3) is 65.6 Å². The largest absolute Gasteiger partial charge is 0.309 e. The molecule has 0 N–H and O–H groups in total. The van der Waals surface area contributed by atoms with E-state index in [9.17, 15) is 0 Å². The fraction of sp³-hybridized carbons (Fsp3) is 0. The summed E-state index contributed by atoms with van der Waals surface area (Å²) in [6.07, 6.45) is 0. The van der Waals surface area contributed by atoms with Gasteiger partial charge in [-0.2, -0.15) is 0 Å². The number of aromatic nitrogens is 2. The quantitative estimate of drug-likeness (QED) is 0.262. The summed E-state index contributed by atoms with van der Waals surface area (Å²) >= 11 is 0. The maximum absolute atomic E-state index is 2.44. The molecular formula is C30H18N2. The summed E-state index contributed by atoms with van der Waals surface area (Å²) in [5.41, 5.74) is 7.56. The Morgan fingerprint density at radius 3 is 1.56 bits per heavy atom. The van der Waals surface area contributed by atoms with Crippen molar-refractivity contribution in [2.45, 2.75) is 0 Å². The molecule has 0 atom stereocenters. The number of fused-ring (bicyclic) bond motifs is 9. The Bertz CT molecular complexity index is 1930. The van der Waals surface area contributed by atoms with E-state index in [0.29, 0.717) is 0 Å². The fourth-order valence-electron chi connectivity index (χ4n) is 5.76. The van der Waals surface area contributed by atoms with Crippen molar-refractivity contribution in [2.24, 2.45) is 0 Å². The van der Waals surface area contributed by atoms with Crippen molar-refractivity contribution in [3.05, 3.63) is 109 Å². The van der Waals surface area contributed by atoms with E-state index in [1.54, 1.807) is 0 Å². The van der Waals surface area contributed by atoms with Gasteiger partial charge in [-0.15, -0.1) is 0 Å². The van der Waals surface area contributed by atoms with Crippen molar-refractivity contribution in [3.63, 3.8) is 0 Å². The Morgan fingerprint density at radius 2 is 0.875 bits per heavy atom. The predicted molar refractivity (Wildman–Crippen MR) is 135 cm³/mol. The molecule has 0 aliphatic heterocycles. The summed E-state index contributed by atoms with van der Waals surface area (Å²) < 4.78 is 4.84. The first-order valence-corrected chi connectivity index (χ1v) is 11.1. The average molecular weight is 406 g/mol. The molecule has 3 heterocycles. The third kappa shape index (κ3) is 1.86. The second kappa shape index (κ2) is 5.68. The van der Waals surface area contributed by atoms with Crippen molar-refractivity contribution < 1.29 is 0 Å². The highest BCUT2D eigenvalue weighted by molar-refractivity contribution is 6.23. The van der Waals surface area contributed by atoms with Crippen LogP contribution in [-0.4, -0.2) is 8.97 Å². The number of hydrogen-bond acceptors (Lipinski definition) is 0. The van der Waals surface area contributed by atoms with E-state index in [0.717, 1.165) is 0 Å². The lowest BCUT2D eigenvalue weighted by atomic mass is 10.1. The molecule has 148 valence electrons. The lowest BCUT2D eigenvalue weighted by Gasteiger charge is -2.08. The van der Waals surface area contributed by atoms with Crippen LogP contribution in [-0.2, 0) is 0 Å². The molecule has 0 aliphatic carbocycles. The summed E-state index contributed by atoms with van der Waals surface area (Å²) in [6, 6.07) is 39.8. The van der Waals surface area contributed by atoms with Gasteiger partial charge in [0.1, 0.15) is 0 Å². The van der Waals surface area contributed by atoms with Gasteiger partial charge in [-0.05, 0) is 36.4 Å².